The highest BCUT2D eigenvalue weighted by Gasteiger charge is 2.15. The van der Waals surface area contributed by atoms with Gasteiger partial charge in [-0.25, -0.2) is 0 Å². The second-order valence-corrected chi connectivity index (χ2v) is 8.56. The Morgan fingerprint density at radius 2 is 1.61 bits per heavy atom. The normalized spacial score (nSPS) is 14.0. The fourth-order valence-electron chi connectivity index (χ4n) is 4.02. The van der Waals surface area contributed by atoms with Gasteiger partial charge in [0.25, 0.3) is 5.91 Å². The van der Waals surface area contributed by atoms with E-state index < -0.39 is 0 Å². The third-order valence-electron chi connectivity index (χ3n) is 5.92. The molecule has 1 amide bonds. The second kappa shape index (κ2) is 9.36. The zero-order valence-corrected chi connectivity index (χ0v) is 18.6. The van der Waals surface area contributed by atoms with E-state index in [2.05, 4.69) is 78.8 Å². The van der Waals surface area contributed by atoms with Crippen molar-refractivity contribution in [3.05, 3.63) is 83.4 Å². The van der Waals surface area contributed by atoms with Gasteiger partial charge in [-0.05, 0) is 59.9 Å². The number of nitrogens with one attached hydrogen (secondary N) is 2. The number of rotatable bonds is 5. The lowest BCUT2D eigenvalue weighted by molar-refractivity contribution is 0.102. The smallest absolute Gasteiger partial charge is 0.256 e. The molecule has 0 atom stereocenters. The fraction of sp³-hybridized carbons (Fsp3) is 0.296. The summed E-state index contributed by atoms with van der Waals surface area (Å²) in [5.74, 6) is 0.399. The largest absolute Gasteiger partial charge is 0.369 e. The topological polar surface area (TPSA) is 44.4 Å². The third kappa shape index (κ3) is 4.97. The molecule has 0 aliphatic carbocycles. The maximum absolute atomic E-state index is 13.2. The molecule has 0 radical (unpaired) electrons. The van der Waals surface area contributed by atoms with Crippen LogP contribution in [0.4, 0.5) is 11.4 Å². The summed E-state index contributed by atoms with van der Waals surface area (Å²) in [5, 5.41) is 6.45. The molecule has 3 aromatic carbocycles. The molecule has 0 unspecified atom stereocenters. The van der Waals surface area contributed by atoms with Crippen molar-refractivity contribution in [1.82, 2.24) is 5.32 Å². The molecular formula is C27H31N3O. The minimum absolute atomic E-state index is 0.0853. The van der Waals surface area contributed by atoms with Crippen molar-refractivity contribution >= 4 is 17.3 Å². The zero-order chi connectivity index (χ0) is 21.8. The van der Waals surface area contributed by atoms with Crippen molar-refractivity contribution in [3.63, 3.8) is 0 Å². The van der Waals surface area contributed by atoms with Gasteiger partial charge < -0.3 is 15.5 Å². The van der Waals surface area contributed by atoms with Gasteiger partial charge in [0, 0.05) is 43.1 Å². The second-order valence-electron chi connectivity index (χ2n) is 8.56. The summed E-state index contributed by atoms with van der Waals surface area (Å²) in [4.78, 5) is 15.5. The molecule has 1 fully saturated rings. The third-order valence-corrected chi connectivity index (χ3v) is 5.92. The summed E-state index contributed by atoms with van der Waals surface area (Å²) in [7, 11) is 0. The van der Waals surface area contributed by atoms with Gasteiger partial charge in [-0.2, -0.15) is 0 Å². The van der Waals surface area contributed by atoms with E-state index in [4.69, 9.17) is 0 Å². The Hall–Kier alpha value is -3.11. The SMILES string of the molecule is Cc1ccc(C(=O)Nc2ccc(N3CCNCC3)cc2)c(-c2ccc(C(C)C)cc2)c1. The summed E-state index contributed by atoms with van der Waals surface area (Å²) in [5.41, 5.74) is 7.16. The van der Waals surface area contributed by atoms with Crippen LogP contribution in [0.5, 0.6) is 0 Å². The number of hydrogen-bond acceptors (Lipinski definition) is 3. The van der Waals surface area contributed by atoms with Crippen LogP contribution in [0.2, 0.25) is 0 Å². The van der Waals surface area contributed by atoms with Gasteiger partial charge in [-0.15, -0.1) is 0 Å². The highest BCUT2D eigenvalue weighted by atomic mass is 16.1. The van der Waals surface area contributed by atoms with Crippen LogP contribution in [-0.2, 0) is 0 Å². The maximum atomic E-state index is 13.2. The van der Waals surface area contributed by atoms with E-state index in [1.54, 1.807) is 0 Å². The number of piperazine rings is 1. The summed E-state index contributed by atoms with van der Waals surface area (Å²) in [6.45, 7) is 10.5. The lowest BCUT2D eigenvalue weighted by Crippen LogP contribution is -2.43. The van der Waals surface area contributed by atoms with E-state index in [0.29, 0.717) is 11.5 Å². The Morgan fingerprint density at radius 1 is 0.935 bits per heavy atom. The molecule has 1 aliphatic heterocycles. The van der Waals surface area contributed by atoms with E-state index in [9.17, 15) is 4.79 Å². The lowest BCUT2D eigenvalue weighted by atomic mass is 9.94. The predicted octanol–water partition coefficient (Wildman–Crippen LogP) is 5.45. The van der Waals surface area contributed by atoms with Crippen molar-refractivity contribution < 1.29 is 4.79 Å². The Labute approximate surface area is 185 Å². The van der Waals surface area contributed by atoms with Crippen molar-refractivity contribution in [3.8, 4) is 11.1 Å². The highest BCUT2D eigenvalue weighted by molar-refractivity contribution is 6.08. The average molecular weight is 414 g/mol. The number of benzene rings is 3. The molecule has 4 rings (SSSR count). The van der Waals surface area contributed by atoms with Crippen LogP contribution in [0.1, 0.15) is 41.3 Å². The summed E-state index contributed by atoms with van der Waals surface area (Å²) >= 11 is 0. The van der Waals surface area contributed by atoms with Crippen LogP contribution in [0.3, 0.4) is 0 Å². The number of aryl methyl sites for hydroxylation is 1. The van der Waals surface area contributed by atoms with Gasteiger partial charge in [-0.1, -0.05) is 55.8 Å². The quantitative estimate of drug-likeness (QED) is 0.585. The molecule has 31 heavy (non-hydrogen) atoms. The van der Waals surface area contributed by atoms with Gasteiger partial charge in [0.1, 0.15) is 0 Å². The molecule has 3 aromatic rings. The van der Waals surface area contributed by atoms with Crippen LogP contribution < -0.4 is 15.5 Å². The molecule has 0 saturated carbocycles. The van der Waals surface area contributed by atoms with Gasteiger partial charge in [0.15, 0.2) is 0 Å². The summed E-state index contributed by atoms with van der Waals surface area (Å²) in [6.07, 6.45) is 0. The molecule has 0 bridgehead atoms. The van der Waals surface area contributed by atoms with Gasteiger partial charge in [-0.3, -0.25) is 4.79 Å². The predicted molar refractivity (Wildman–Crippen MR) is 130 cm³/mol. The Bertz CT molecular complexity index is 1030. The molecule has 2 N–H and O–H groups in total. The summed E-state index contributed by atoms with van der Waals surface area (Å²) in [6, 6.07) is 22.7. The molecule has 0 spiro atoms. The Balaban J connectivity index is 1.54. The first-order valence-electron chi connectivity index (χ1n) is 11.1. The summed E-state index contributed by atoms with van der Waals surface area (Å²) < 4.78 is 0. The first kappa shape index (κ1) is 21.1. The maximum Gasteiger partial charge on any atom is 0.256 e. The van der Waals surface area contributed by atoms with Crippen molar-refractivity contribution in [2.45, 2.75) is 26.7 Å². The fourth-order valence-corrected chi connectivity index (χ4v) is 4.02. The van der Waals surface area contributed by atoms with E-state index in [0.717, 1.165) is 48.6 Å². The number of nitrogens with zero attached hydrogens (tertiary/aromatic N) is 1. The number of amides is 1. The van der Waals surface area contributed by atoms with Crippen LogP contribution in [-0.4, -0.2) is 32.1 Å². The Morgan fingerprint density at radius 3 is 2.26 bits per heavy atom. The standard InChI is InChI=1S/C27H31N3O/c1-19(2)21-5-7-22(8-6-21)26-18-20(3)4-13-25(26)27(31)29-23-9-11-24(12-10-23)30-16-14-28-15-17-30/h4-13,18-19,28H,14-17H2,1-3H3,(H,29,31). The molecule has 4 nitrogen and oxygen atoms in total. The number of carbonyl (C=O) groups is 1. The first-order valence-corrected chi connectivity index (χ1v) is 11.1. The lowest BCUT2D eigenvalue weighted by Gasteiger charge is -2.29. The van der Waals surface area contributed by atoms with E-state index in [1.807, 2.05) is 24.3 Å². The molecule has 1 heterocycles. The van der Waals surface area contributed by atoms with Crippen LogP contribution in [0, 0.1) is 6.92 Å². The van der Waals surface area contributed by atoms with Crippen molar-refractivity contribution in [2.24, 2.45) is 0 Å². The average Bonchev–Trinajstić information content (AvgIpc) is 2.80. The monoisotopic (exact) mass is 413 g/mol. The van der Waals surface area contributed by atoms with Gasteiger partial charge >= 0.3 is 0 Å². The number of anilines is 2. The van der Waals surface area contributed by atoms with Gasteiger partial charge in [0.2, 0.25) is 0 Å². The van der Waals surface area contributed by atoms with Crippen LogP contribution in [0.25, 0.3) is 11.1 Å². The van der Waals surface area contributed by atoms with E-state index >= 15 is 0 Å². The van der Waals surface area contributed by atoms with Crippen molar-refractivity contribution in [1.29, 1.82) is 0 Å². The molecule has 160 valence electrons. The zero-order valence-electron chi connectivity index (χ0n) is 18.6. The van der Waals surface area contributed by atoms with E-state index in [-0.39, 0.29) is 5.91 Å². The number of hydrogen-bond donors (Lipinski definition) is 2. The molecule has 4 heteroatoms. The van der Waals surface area contributed by atoms with Crippen LogP contribution >= 0.6 is 0 Å². The highest BCUT2D eigenvalue weighted by Crippen LogP contribution is 2.28. The number of carbonyl (C=O) groups excluding carboxylic acids is 1. The first-order chi connectivity index (χ1) is 15.0. The molecule has 1 saturated heterocycles. The molecule has 0 aromatic heterocycles. The van der Waals surface area contributed by atoms with Crippen molar-refractivity contribution in [2.75, 3.05) is 36.4 Å². The molecule has 1 aliphatic rings. The molecular weight excluding hydrogens is 382 g/mol. The minimum atomic E-state index is -0.0853. The van der Waals surface area contributed by atoms with E-state index in [1.165, 1.54) is 11.3 Å². The van der Waals surface area contributed by atoms with Gasteiger partial charge in [0.05, 0.1) is 0 Å². The van der Waals surface area contributed by atoms with Crippen LogP contribution in [0.15, 0.2) is 66.7 Å². The Kier molecular flexibility index (Phi) is 6.38. The minimum Gasteiger partial charge on any atom is -0.369 e.